The number of hydrogen-bond acceptors (Lipinski definition) is 5. The van der Waals surface area contributed by atoms with Crippen molar-refractivity contribution >= 4 is 12.3 Å². The monoisotopic (exact) mass is 449 g/mol. The summed E-state index contributed by atoms with van der Waals surface area (Å²) < 4.78 is 17.7. The zero-order valence-electron chi connectivity index (χ0n) is 20.1. The lowest BCUT2D eigenvalue weighted by Gasteiger charge is -2.12. The first-order valence-corrected chi connectivity index (χ1v) is 10.9. The molecule has 6 nitrogen and oxygen atoms in total. The maximum atomic E-state index is 12.7. The van der Waals surface area contributed by atoms with Crippen LogP contribution in [0.5, 0.6) is 11.5 Å². The van der Waals surface area contributed by atoms with Gasteiger partial charge in [-0.05, 0) is 48.1 Å². The van der Waals surface area contributed by atoms with Crippen molar-refractivity contribution in [2.75, 3.05) is 21.3 Å². The van der Waals surface area contributed by atoms with E-state index in [2.05, 4.69) is 13.8 Å². The van der Waals surface area contributed by atoms with E-state index in [4.69, 9.17) is 14.2 Å². The van der Waals surface area contributed by atoms with E-state index in [1.165, 1.54) is 12.7 Å². The number of esters is 1. The van der Waals surface area contributed by atoms with E-state index < -0.39 is 5.97 Å². The molecule has 3 aromatic rings. The standard InChI is InChI=1S/C27H31NO5/c1-17(2)20-8-10-21(11-9-20)26-22(16-29)28(18(3)25(26)27(30)33-6)14-13-19-7-12-23(31-4)24(15-19)32-5/h7-12,15-17H,13-14H2,1-6H3. The molecule has 0 saturated carbocycles. The van der Waals surface area contributed by atoms with Crippen molar-refractivity contribution in [1.29, 1.82) is 0 Å². The minimum atomic E-state index is -0.455. The quantitative estimate of drug-likeness (QED) is 0.321. The topological polar surface area (TPSA) is 66.8 Å². The molecule has 0 unspecified atom stereocenters. The number of carbonyl (C=O) groups excluding carboxylic acids is 2. The van der Waals surface area contributed by atoms with Gasteiger partial charge in [-0.3, -0.25) is 4.79 Å². The van der Waals surface area contributed by atoms with E-state index in [1.54, 1.807) is 14.2 Å². The molecular formula is C27H31NO5. The molecule has 0 aliphatic heterocycles. The van der Waals surface area contributed by atoms with Gasteiger partial charge in [0.1, 0.15) is 0 Å². The van der Waals surface area contributed by atoms with Gasteiger partial charge in [-0.15, -0.1) is 0 Å². The van der Waals surface area contributed by atoms with E-state index in [0.29, 0.717) is 52.9 Å². The van der Waals surface area contributed by atoms with Gasteiger partial charge in [0.25, 0.3) is 0 Å². The fraction of sp³-hybridized carbons (Fsp3) is 0.333. The van der Waals surface area contributed by atoms with Gasteiger partial charge in [0.05, 0.1) is 32.6 Å². The number of benzene rings is 2. The molecule has 3 rings (SSSR count). The Hall–Kier alpha value is -3.54. The number of ether oxygens (including phenoxy) is 3. The van der Waals surface area contributed by atoms with Gasteiger partial charge in [-0.2, -0.15) is 0 Å². The molecule has 0 spiro atoms. The summed E-state index contributed by atoms with van der Waals surface area (Å²) in [5.41, 5.74) is 5.23. The summed E-state index contributed by atoms with van der Waals surface area (Å²) in [6, 6.07) is 13.7. The van der Waals surface area contributed by atoms with E-state index in [1.807, 2.05) is 54.0 Å². The molecule has 0 amide bonds. The average Bonchev–Trinajstić information content (AvgIpc) is 3.12. The zero-order valence-corrected chi connectivity index (χ0v) is 20.1. The number of aryl methyl sites for hydroxylation is 1. The molecule has 174 valence electrons. The Labute approximate surface area is 195 Å². The largest absolute Gasteiger partial charge is 0.493 e. The molecule has 0 bridgehead atoms. The normalized spacial score (nSPS) is 10.9. The smallest absolute Gasteiger partial charge is 0.340 e. The summed E-state index contributed by atoms with van der Waals surface area (Å²) in [6.45, 7) is 6.62. The molecule has 0 saturated heterocycles. The van der Waals surface area contributed by atoms with Crippen LogP contribution in [0.1, 0.15) is 57.4 Å². The van der Waals surface area contributed by atoms with Crippen LogP contribution in [0.3, 0.4) is 0 Å². The van der Waals surface area contributed by atoms with Gasteiger partial charge in [-0.1, -0.05) is 44.2 Å². The Bertz CT molecular complexity index is 1140. The zero-order chi connectivity index (χ0) is 24.1. The number of methoxy groups -OCH3 is 3. The highest BCUT2D eigenvalue weighted by Crippen LogP contribution is 2.34. The van der Waals surface area contributed by atoms with Crippen molar-refractivity contribution in [2.24, 2.45) is 0 Å². The van der Waals surface area contributed by atoms with E-state index in [9.17, 15) is 9.59 Å². The SMILES string of the molecule is COC(=O)c1c(-c2ccc(C(C)C)cc2)c(C=O)n(CCc2ccc(OC)c(OC)c2)c1C. The Kier molecular flexibility index (Phi) is 7.59. The molecule has 2 aromatic carbocycles. The van der Waals surface area contributed by atoms with Crippen LogP contribution >= 0.6 is 0 Å². The van der Waals surface area contributed by atoms with E-state index >= 15 is 0 Å². The Morgan fingerprint density at radius 1 is 1.00 bits per heavy atom. The van der Waals surface area contributed by atoms with Gasteiger partial charge in [0, 0.05) is 17.8 Å². The number of hydrogen-bond donors (Lipinski definition) is 0. The Morgan fingerprint density at radius 2 is 1.67 bits per heavy atom. The highest BCUT2D eigenvalue weighted by molar-refractivity contribution is 6.03. The third kappa shape index (κ3) is 4.80. The van der Waals surface area contributed by atoms with Crippen molar-refractivity contribution in [3.63, 3.8) is 0 Å². The van der Waals surface area contributed by atoms with Crippen molar-refractivity contribution in [2.45, 2.75) is 39.7 Å². The van der Waals surface area contributed by atoms with E-state index in [-0.39, 0.29) is 0 Å². The van der Waals surface area contributed by atoms with Crippen molar-refractivity contribution in [3.05, 3.63) is 70.5 Å². The minimum absolute atomic E-state index is 0.387. The van der Waals surface area contributed by atoms with Crippen LogP contribution in [0.25, 0.3) is 11.1 Å². The lowest BCUT2D eigenvalue weighted by Crippen LogP contribution is -2.09. The molecule has 0 fully saturated rings. The van der Waals surface area contributed by atoms with Crippen LogP contribution in [-0.4, -0.2) is 38.2 Å². The summed E-state index contributed by atoms with van der Waals surface area (Å²) in [4.78, 5) is 25.0. The molecule has 0 aliphatic carbocycles. The van der Waals surface area contributed by atoms with Gasteiger partial charge in [0.2, 0.25) is 0 Å². The molecule has 0 radical (unpaired) electrons. The first-order chi connectivity index (χ1) is 15.9. The van der Waals surface area contributed by atoms with Crippen LogP contribution in [-0.2, 0) is 17.7 Å². The first-order valence-electron chi connectivity index (χ1n) is 10.9. The maximum Gasteiger partial charge on any atom is 0.340 e. The number of nitrogens with zero attached hydrogens (tertiary/aromatic N) is 1. The highest BCUT2D eigenvalue weighted by Gasteiger charge is 2.26. The van der Waals surface area contributed by atoms with Crippen LogP contribution in [0, 0.1) is 6.92 Å². The lowest BCUT2D eigenvalue weighted by atomic mass is 9.96. The Morgan fingerprint density at radius 3 is 2.21 bits per heavy atom. The number of carbonyl (C=O) groups is 2. The molecule has 1 aromatic heterocycles. The molecule has 0 N–H and O–H groups in total. The van der Waals surface area contributed by atoms with Crippen molar-refractivity contribution < 1.29 is 23.8 Å². The number of aromatic nitrogens is 1. The van der Waals surface area contributed by atoms with Crippen molar-refractivity contribution in [3.8, 4) is 22.6 Å². The van der Waals surface area contributed by atoms with Crippen LogP contribution in [0.4, 0.5) is 0 Å². The molecule has 0 aliphatic rings. The first kappa shape index (κ1) is 24.1. The Balaban J connectivity index is 2.05. The molecule has 6 heteroatoms. The fourth-order valence-corrected chi connectivity index (χ4v) is 4.13. The molecule has 1 heterocycles. The van der Waals surface area contributed by atoms with Gasteiger partial charge in [0.15, 0.2) is 17.8 Å². The van der Waals surface area contributed by atoms with Crippen LogP contribution < -0.4 is 9.47 Å². The molecule has 0 atom stereocenters. The second-order valence-electron chi connectivity index (χ2n) is 8.20. The predicted octanol–water partition coefficient (Wildman–Crippen LogP) is 5.45. The summed E-state index contributed by atoms with van der Waals surface area (Å²) in [6.07, 6.45) is 1.46. The second kappa shape index (κ2) is 10.4. The predicted molar refractivity (Wildman–Crippen MR) is 129 cm³/mol. The summed E-state index contributed by atoms with van der Waals surface area (Å²) in [7, 11) is 4.55. The maximum absolute atomic E-state index is 12.7. The average molecular weight is 450 g/mol. The highest BCUT2D eigenvalue weighted by atomic mass is 16.5. The van der Waals surface area contributed by atoms with E-state index in [0.717, 1.165) is 17.4 Å². The van der Waals surface area contributed by atoms with Crippen LogP contribution in [0.2, 0.25) is 0 Å². The minimum Gasteiger partial charge on any atom is -0.493 e. The number of rotatable bonds is 9. The van der Waals surface area contributed by atoms with Crippen molar-refractivity contribution in [1.82, 2.24) is 4.57 Å². The lowest BCUT2D eigenvalue weighted by molar-refractivity contribution is 0.0600. The van der Waals surface area contributed by atoms with Crippen LogP contribution in [0.15, 0.2) is 42.5 Å². The second-order valence-corrected chi connectivity index (χ2v) is 8.20. The molecular weight excluding hydrogens is 418 g/mol. The summed E-state index contributed by atoms with van der Waals surface area (Å²) in [5, 5.41) is 0. The summed E-state index contributed by atoms with van der Waals surface area (Å²) >= 11 is 0. The third-order valence-electron chi connectivity index (χ3n) is 6.00. The fourth-order valence-electron chi connectivity index (χ4n) is 4.13. The van der Waals surface area contributed by atoms with Gasteiger partial charge < -0.3 is 18.8 Å². The van der Waals surface area contributed by atoms with Gasteiger partial charge in [-0.25, -0.2) is 4.79 Å². The van der Waals surface area contributed by atoms with Gasteiger partial charge >= 0.3 is 5.97 Å². The summed E-state index contributed by atoms with van der Waals surface area (Å²) in [5.74, 6) is 1.24. The molecule has 33 heavy (non-hydrogen) atoms. The third-order valence-corrected chi connectivity index (χ3v) is 6.00. The number of aldehydes is 1.